The van der Waals surface area contributed by atoms with Crippen LogP contribution in [0.3, 0.4) is 0 Å². The Morgan fingerprint density at radius 3 is 2.71 bits per heavy atom. The van der Waals surface area contributed by atoms with Crippen LogP contribution in [0.4, 0.5) is 4.39 Å². The number of benzene rings is 1. The smallest absolute Gasteiger partial charge is 0.256 e. The van der Waals surface area contributed by atoms with E-state index in [-0.39, 0.29) is 0 Å². The predicted molar refractivity (Wildman–Crippen MR) is 93.3 cm³/mol. The van der Waals surface area contributed by atoms with Gasteiger partial charge in [-0.1, -0.05) is 18.2 Å². The van der Waals surface area contributed by atoms with Gasteiger partial charge in [-0.3, -0.25) is 4.79 Å². The molecule has 0 bridgehead atoms. The van der Waals surface area contributed by atoms with Gasteiger partial charge in [0.1, 0.15) is 10.8 Å². The number of likely N-dealkylation sites (N-methyl/N-ethyl adjacent to an activating group) is 1. The molecule has 0 spiro atoms. The standard InChI is InChI=1S/C17H15FN2O2S2/c1-20(17(22)15(21)11-4-6-12(18)7-5-11)9-13-10-24-16(19-13)14-3-2-8-23-14/h2-8,10,15,21H,9H2,1H3/t15-/m1/s1. The average Bonchev–Trinajstić information content (AvgIpc) is 3.25. The van der Waals surface area contributed by atoms with Gasteiger partial charge in [-0.2, -0.15) is 0 Å². The zero-order valence-electron chi connectivity index (χ0n) is 12.8. The lowest BCUT2D eigenvalue weighted by atomic mass is 10.1. The van der Waals surface area contributed by atoms with Gasteiger partial charge in [-0.15, -0.1) is 22.7 Å². The van der Waals surface area contributed by atoms with Crippen molar-refractivity contribution in [1.29, 1.82) is 0 Å². The van der Waals surface area contributed by atoms with Crippen LogP contribution in [0.5, 0.6) is 0 Å². The summed E-state index contributed by atoms with van der Waals surface area (Å²) in [6.07, 6.45) is -1.31. The first-order chi connectivity index (χ1) is 11.5. The highest BCUT2D eigenvalue weighted by atomic mass is 32.1. The minimum Gasteiger partial charge on any atom is -0.378 e. The maximum Gasteiger partial charge on any atom is 0.256 e. The molecule has 7 heteroatoms. The summed E-state index contributed by atoms with van der Waals surface area (Å²) in [7, 11) is 1.61. The first-order valence-corrected chi connectivity index (χ1v) is 8.97. The molecule has 0 radical (unpaired) electrons. The third-order valence-corrected chi connectivity index (χ3v) is 5.41. The van der Waals surface area contributed by atoms with Gasteiger partial charge in [0.2, 0.25) is 0 Å². The van der Waals surface area contributed by atoms with Gasteiger partial charge in [-0.05, 0) is 29.1 Å². The molecule has 0 aliphatic heterocycles. The van der Waals surface area contributed by atoms with Crippen LogP contribution >= 0.6 is 22.7 Å². The fourth-order valence-electron chi connectivity index (χ4n) is 2.21. The minimum absolute atomic E-state index is 0.305. The SMILES string of the molecule is CN(Cc1csc(-c2cccs2)n1)C(=O)[C@H](O)c1ccc(F)cc1. The Morgan fingerprint density at radius 2 is 2.04 bits per heavy atom. The monoisotopic (exact) mass is 362 g/mol. The van der Waals surface area contributed by atoms with Gasteiger partial charge in [0.15, 0.2) is 6.10 Å². The number of carbonyl (C=O) groups is 1. The summed E-state index contributed by atoms with van der Waals surface area (Å²) in [5, 5.41) is 15.0. The van der Waals surface area contributed by atoms with Crippen LogP contribution in [0.25, 0.3) is 9.88 Å². The molecule has 0 saturated heterocycles. The zero-order valence-corrected chi connectivity index (χ0v) is 14.5. The predicted octanol–water partition coefficient (Wildman–Crippen LogP) is 3.70. The number of amides is 1. The quantitative estimate of drug-likeness (QED) is 0.753. The molecule has 0 aliphatic carbocycles. The molecule has 0 aliphatic rings. The molecular weight excluding hydrogens is 347 g/mol. The van der Waals surface area contributed by atoms with E-state index in [4.69, 9.17) is 0 Å². The first kappa shape index (κ1) is 16.8. The van der Waals surface area contributed by atoms with Gasteiger partial charge in [0.25, 0.3) is 5.91 Å². The van der Waals surface area contributed by atoms with Crippen LogP contribution < -0.4 is 0 Å². The topological polar surface area (TPSA) is 53.4 Å². The highest BCUT2D eigenvalue weighted by Crippen LogP contribution is 2.28. The maximum atomic E-state index is 12.9. The maximum absolute atomic E-state index is 12.9. The largest absolute Gasteiger partial charge is 0.378 e. The molecule has 2 heterocycles. The van der Waals surface area contributed by atoms with Gasteiger partial charge in [0, 0.05) is 12.4 Å². The second-order valence-electron chi connectivity index (χ2n) is 5.27. The number of thiophene rings is 1. The van der Waals surface area contributed by atoms with Crippen molar-refractivity contribution in [2.24, 2.45) is 0 Å². The van der Waals surface area contributed by atoms with E-state index in [1.54, 1.807) is 18.4 Å². The Hall–Kier alpha value is -2.09. The number of nitrogens with zero attached hydrogens (tertiary/aromatic N) is 2. The van der Waals surface area contributed by atoms with Gasteiger partial charge >= 0.3 is 0 Å². The molecule has 0 saturated carbocycles. The van der Waals surface area contributed by atoms with Crippen molar-refractivity contribution in [2.75, 3.05) is 7.05 Å². The number of rotatable bonds is 5. The molecule has 124 valence electrons. The molecule has 4 nitrogen and oxygen atoms in total. The van der Waals surface area contributed by atoms with E-state index in [2.05, 4.69) is 4.98 Å². The average molecular weight is 362 g/mol. The van der Waals surface area contributed by atoms with Crippen molar-refractivity contribution in [3.8, 4) is 9.88 Å². The van der Waals surface area contributed by atoms with Crippen LogP contribution in [0, 0.1) is 5.82 Å². The number of hydrogen-bond acceptors (Lipinski definition) is 5. The molecule has 1 aromatic carbocycles. The fraction of sp³-hybridized carbons (Fsp3) is 0.176. The molecule has 1 amide bonds. The van der Waals surface area contributed by atoms with Crippen molar-refractivity contribution >= 4 is 28.6 Å². The molecule has 0 unspecified atom stereocenters. The van der Waals surface area contributed by atoms with Gasteiger partial charge < -0.3 is 10.0 Å². The Morgan fingerprint density at radius 1 is 1.29 bits per heavy atom. The van der Waals surface area contributed by atoms with E-state index >= 15 is 0 Å². The van der Waals surface area contributed by atoms with E-state index in [1.807, 2.05) is 22.9 Å². The molecule has 1 N–H and O–H groups in total. The highest BCUT2D eigenvalue weighted by molar-refractivity contribution is 7.20. The normalized spacial score (nSPS) is 12.1. The van der Waals surface area contributed by atoms with Gasteiger partial charge in [0.05, 0.1) is 17.1 Å². The summed E-state index contributed by atoms with van der Waals surface area (Å²) < 4.78 is 12.9. The third kappa shape index (κ3) is 3.69. The van der Waals surface area contributed by atoms with Crippen LogP contribution in [0.1, 0.15) is 17.4 Å². The zero-order chi connectivity index (χ0) is 17.1. The number of thiazole rings is 1. The Labute approximate surface area is 146 Å². The number of aromatic nitrogens is 1. The molecule has 3 aromatic rings. The van der Waals surface area contributed by atoms with E-state index in [0.717, 1.165) is 15.6 Å². The van der Waals surface area contributed by atoms with E-state index in [1.165, 1.54) is 40.5 Å². The second kappa shape index (κ2) is 7.21. The molecule has 1 atom stereocenters. The minimum atomic E-state index is -1.31. The molecule has 3 rings (SSSR count). The van der Waals surface area contributed by atoms with Gasteiger partial charge in [-0.25, -0.2) is 9.37 Å². The van der Waals surface area contributed by atoms with Crippen molar-refractivity contribution in [1.82, 2.24) is 9.88 Å². The van der Waals surface area contributed by atoms with Crippen LogP contribution in [0.15, 0.2) is 47.2 Å². The lowest BCUT2D eigenvalue weighted by Crippen LogP contribution is -2.31. The summed E-state index contributed by atoms with van der Waals surface area (Å²) >= 11 is 3.14. The van der Waals surface area contributed by atoms with Crippen molar-refractivity contribution in [3.63, 3.8) is 0 Å². The number of halogens is 1. The highest BCUT2D eigenvalue weighted by Gasteiger charge is 2.22. The fourth-order valence-corrected chi connectivity index (χ4v) is 3.84. The molecule has 24 heavy (non-hydrogen) atoms. The van der Waals surface area contributed by atoms with Crippen LogP contribution in [-0.2, 0) is 11.3 Å². The number of carbonyl (C=O) groups excluding carboxylic acids is 1. The number of hydrogen-bond donors (Lipinski definition) is 1. The lowest BCUT2D eigenvalue weighted by Gasteiger charge is -2.20. The Bertz CT molecular complexity index is 816. The first-order valence-electron chi connectivity index (χ1n) is 7.21. The second-order valence-corrected chi connectivity index (χ2v) is 7.08. The molecule has 0 fully saturated rings. The van der Waals surface area contributed by atoms with Crippen molar-refractivity contribution < 1.29 is 14.3 Å². The summed E-state index contributed by atoms with van der Waals surface area (Å²) in [4.78, 5) is 19.4. The lowest BCUT2D eigenvalue weighted by molar-refractivity contribution is -0.139. The van der Waals surface area contributed by atoms with E-state index in [9.17, 15) is 14.3 Å². The number of aliphatic hydroxyl groups excluding tert-OH is 1. The van der Waals surface area contributed by atoms with Crippen LogP contribution in [-0.4, -0.2) is 27.9 Å². The molecular formula is C17H15FN2O2S2. The number of aliphatic hydroxyl groups is 1. The third-order valence-electron chi connectivity index (χ3n) is 3.48. The molecule has 2 aromatic heterocycles. The van der Waals surface area contributed by atoms with Crippen molar-refractivity contribution in [2.45, 2.75) is 12.6 Å². The Kier molecular flexibility index (Phi) is 5.03. The summed E-state index contributed by atoms with van der Waals surface area (Å²) in [6.45, 7) is 0.305. The van der Waals surface area contributed by atoms with E-state index < -0.39 is 17.8 Å². The van der Waals surface area contributed by atoms with E-state index in [0.29, 0.717) is 12.1 Å². The van der Waals surface area contributed by atoms with Crippen LogP contribution in [0.2, 0.25) is 0 Å². The summed E-state index contributed by atoms with van der Waals surface area (Å²) in [5.74, 6) is -0.859. The summed E-state index contributed by atoms with van der Waals surface area (Å²) in [5.41, 5.74) is 1.14. The van der Waals surface area contributed by atoms with Crippen molar-refractivity contribution in [3.05, 3.63) is 64.2 Å². The Balaban J connectivity index is 1.66. The summed E-state index contributed by atoms with van der Waals surface area (Å²) in [6, 6.07) is 9.22.